The third kappa shape index (κ3) is 2.69. The minimum Gasteiger partial charge on any atom is -0.405 e. The van der Waals surface area contributed by atoms with Crippen molar-refractivity contribution < 1.29 is 23.7 Å². The molecule has 0 amide bonds. The van der Waals surface area contributed by atoms with Crippen LogP contribution in [0.4, 0.5) is 0 Å². The van der Waals surface area contributed by atoms with Gasteiger partial charge in [0.15, 0.2) is 18.2 Å². The highest BCUT2D eigenvalue weighted by molar-refractivity contribution is 5.97. The molecule has 2 heterocycles. The number of ketones is 1. The maximum Gasteiger partial charge on any atom is 0.280 e. The monoisotopic (exact) mass is 377 g/mol. The lowest BCUT2D eigenvalue weighted by Gasteiger charge is -2.48. The van der Waals surface area contributed by atoms with E-state index in [2.05, 4.69) is 6.92 Å². The summed E-state index contributed by atoms with van der Waals surface area (Å²) < 4.78 is 22.7. The van der Waals surface area contributed by atoms with Crippen molar-refractivity contribution in [2.24, 2.45) is 17.3 Å². The van der Waals surface area contributed by atoms with Gasteiger partial charge in [0.2, 0.25) is 0 Å². The second kappa shape index (κ2) is 6.38. The summed E-state index contributed by atoms with van der Waals surface area (Å²) >= 11 is 0. The van der Waals surface area contributed by atoms with Gasteiger partial charge in [-0.05, 0) is 63.4 Å². The highest BCUT2D eigenvalue weighted by atomic mass is 16.7. The Labute approximate surface area is 161 Å². The Morgan fingerprint density at radius 2 is 1.85 bits per heavy atom. The molecular formula is C22H33O5+. The van der Waals surface area contributed by atoms with Crippen LogP contribution < -0.4 is 0 Å². The van der Waals surface area contributed by atoms with E-state index in [-0.39, 0.29) is 11.2 Å². The molecule has 0 aromatic carbocycles. The molecule has 4 fully saturated rings. The molecule has 150 valence electrons. The van der Waals surface area contributed by atoms with Crippen molar-refractivity contribution in [3.63, 3.8) is 0 Å². The molecule has 3 unspecified atom stereocenters. The molecule has 1 spiro atoms. The summed E-state index contributed by atoms with van der Waals surface area (Å²) in [6, 6.07) is 0. The molecule has 0 bridgehead atoms. The predicted octanol–water partition coefficient (Wildman–Crippen LogP) is 3.27. The number of carbonyl (C=O) groups excluding carboxylic acids is 1. The summed E-state index contributed by atoms with van der Waals surface area (Å²) in [5.74, 6) is 0.733. The second-order valence-electron chi connectivity index (χ2n) is 9.48. The lowest BCUT2D eigenvalue weighted by atomic mass is 9.57. The molecular weight excluding hydrogens is 344 g/mol. The fourth-order valence-electron chi connectivity index (χ4n) is 6.80. The number of ether oxygens (including phenoxy) is 4. The zero-order valence-electron chi connectivity index (χ0n) is 16.7. The first-order chi connectivity index (χ1) is 13.0. The molecule has 2 saturated heterocycles. The number of allylic oxidation sites excluding steroid dienone is 2. The van der Waals surface area contributed by atoms with E-state index in [1.54, 1.807) is 0 Å². The number of aliphatic hydroxyl groups is 2. The van der Waals surface area contributed by atoms with Gasteiger partial charge in [-0.25, -0.2) is 0 Å². The van der Waals surface area contributed by atoms with E-state index in [4.69, 9.17) is 18.9 Å². The Kier molecular flexibility index (Phi) is 4.32. The number of carbonyl (C=O) groups is 1. The smallest absolute Gasteiger partial charge is 0.280 e. The summed E-state index contributed by atoms with van der Waals surface area (Å²) in [4.78, 5) is 12.8. The standard InChI is InChI=1S/C22H32O5/c1-20-8-5-15-16(18(20)7-10-22(20)26-13-14-27-22)3-4-19(23)17(15)6-9-21(2)24-11-12-25-21/h16,18H,3-14H2,1-2H3/p+1/t16?,18?,20-/m1/s1. The van der Waals surface area contributed by atoms with Crippen LogP contribution in [0.1, 0.15) is 65.2 Å². The summed E-state index contributed by atoms with van der Waals surface area (Å²) in [6.45, 7) is 7.35. The normalized spacial score (nSPS) is 43.4. The molecule has 5 heteroatoms. The highest BCUT2D eigenvalue weighted by Gasteiger charge is 2.68. The van der Waals surface area contributed by atoms with Crippen LogP contribution in [0, 0.1) is 17.3 Å². The first-order valence-electron chi connectivity index (χ1n) is 10.8. The van der Waals surface area contributed by atoms with Crippen LogP contribution >= 0.6 is 0 Å². The Bertz CT molecular complexity index is 656. The highest BCUT2D eigenvalue weighted by Crippen LogP contribution is 2.64. The number of hydrogen-bond donors (Lipinski definition) is 0. The Morgan fingerprint density at radius 3 is 2.59 bits per heavy atom. The van der Waals surface area contributed by atoms with Gasteiger partial charge in [-0.15, -0.1) is 0 Å². The van der Waals surface area contributed by atoms with Gasteiger partial charge in [-0.2, -0.15) is 0 Å². The van der Waals surface area contributed by atoms with Crippen molar-refractivity contribution >= 4 is 5.78 Å². The van der Waals surface area contributed by atoms with Gasteiger partial charge in [0.1, 0.15) is 6.61 Å². The quantitative estimate of drug-likeness (QED) is 0.709. The predicted molar refractivity (Wildman–Crippen MR) is 100 cm³/mol. The van der Waals surface area contributed by atoms with Crippen molar-refractivity contribution in [1.29, 1.82) is 0 Å². The third-order valence-corrected chi connectivity index (χ3v) is 8.29. The van der Waals surface area contributed by atoms with E-state index in [9.17, 15) is 4.79 Å². The lowest BCUT2D eigenvalue weighted by Crippen LogP contribution is -2.52. The van der Waals surface area contributed by atoms with E-state index in [1.165, 1.54) is 12.0 Å². The number of hydrogen-bond acceptors (Lipinski definition) is 4. The average molecular weight is 378 g/mol. The van der Waals surface area contributed by atoms with Crippen molar-refractivity contribution in [1.82, 2.24) is 0 Å². The molecule has 5 rings (SSSR count). The molecule has 5 nitrogen and oxygen atoms in total. The van der Waals surface area contributed by atoms with Gasteiger partial charge in [0.05, 0.1) is 25.0 Å². The maximum absolute atomic E-state index is 12.8. The molecule has 0 aromatic heterocycles. The van der Waals surface area contributed by atoms with Crippen LogP contribution in [-0.4, -0.2) is 48.5 Å². The van der Waals surface area contributed by atoms with Crippen molar-refractivity contribution in [3.05, 3.63) is 11.1 Å². The van der Waals surface area contributed by atoms with Crippen molar-refractivity contribution in [2.75, 3.05) is 26.4 Å². The van der Waals surface area contributed by atoms with E-state index in [0.29, 0.717) is 37.3 Å². The fourth-order valence-corrected chi connectivity index (χ4v) is 6.80. The Balaban J connectivity index is 1.41. The first-order valence-corrected chi connectivity index (χ1v) is 10.8. The molecule has 2 aliphatic heterocycles. The molecule has 4 atom stereocenters. The van der Waals surface area contributed by atoms with E-state index in [0.717, 1.165) is 57.3 Å². The van der Waals surface area contributed by atoms with Crippen LogP contribution in [0.5, 0.6) is 0 Å². The SMILES string of the molecule is CC1(CCC2=C3CC[C@]4(C)C(CCC45OCC[OH+]5)C3CCC2=O)OCCO1. The Morgan fingerprint density at radius 1 is 1.04 bits per heavy atom. The molecule has 27 heavy (non-hydrogen) atoms. The van der Waals surface area contributed by atoms with Crippen LogP contribution in [-0.2, 0) is 19.0 Å². The fraction of sp³-hybridized carbons (Fsp3) is 0.864. The summed E-state index contributed by atoms with van der Waals surface area (Å²) in [7, 11) is 0. The first kappa shape index (κ1) is 18.3. The summed E-state index contributed by atoms with van der Waals surface area (Å²) in [6.07, 6.45) is 7.62. The average Bonchev–Trinajstić information content (AvgIpc) is 3.36. The topological polar surface area (TPSA) is 57.6 Å². The number of Topliss-reactive ketones (excluding diaryl/α,β-unsaturated/α-hetero) is 1. The van der Waals surface area contributed by atoms with Gasteiger partial charge in [0.25, 0.3) is 5.79 Å². The van der Waals surface area contributed by atoms with Crippen LogP contribution in [0.3, 0.4) is 0 Å². The minimum atomic E-state index is -0.516. The van der Waals surface area contributed by atoms with Gasteiger partial charge in [-0.1, -0.05) is 5.57 Å². The minimum absolute atomic E-state index is 0.132. The van der Waals surface area contributed by atoms with Crippen LogP contribution in [0.2, 0.25) is 0 Å². The van der Waals surface area contributed by atoms with Crippen molar-refractivity contribution in [3.8, 4) is 0 Å². The molecule has 2 saturated carbocycles. The number of fused-ring (bicyclic) bond motifs is 4. The molecule has 0 aromatic rings. The van der Waals surface area contributed by atoms with Crippen LogP contribution in [0.15, 0.2) is 11.1 Å². The van der Waals surface area contributed by atoms with Gasteiger partial charge >= 0.3 is 0 Å². The van der Waals surface area contributed by atoms with E-state index >= 15 is 0 Å². The lowest BCUT2D eigenvalue weighted by molar-refractivity contribution is -0.305. The zero-order valence-corrected chi connectivity index (χ0v) is 16.7. The van der Waals surface area contributed by atoms with Gasteiger partial charge < -0.3 is 18.9 Å². The third-order valence-electron chi connectivity index (χ3n) is 8.29. The van der Waals surface area contributed by atoms with Gasteiger partial charge in [-0.3, -0.25) is 4.79 Å². The maximum atomic E-state index is 12.8. The molecule has 1 N–H and O–H groups in total. The Hall–Kier alpha value is -0.750. The number of rotatable bonds is 3. The van der Waals surface area contributed by atoms with Crippen molar-refractivity contribution in [2.45, 2.75) is 76.8 Å². The molecule has 3 aliphatic carbocycles. The largest absolute Gasteiger partial charge is 0.405 e. The molecule has 0 radical (unpaired) electrons. The van der Waals surface area contributed by atoms with E-state index in [1.807, 2.05) is 6.92 Å². The summed E-state index contributed by atoms with van der Waals surface area (Å²) in [5.41, 5.74) is 2.68. The van der Waals surface area contributed by atoms with Crippen LogP contribution in [0.25, 0.3) is 0 Å². The van der Waals surface area contributed by atoms with E-state index < -0.39 is 5.79 Å². The molecule has 5 aliphatic rings. The summed E-state index contributed by atoms with van der Waals surface area (Å²) in [5, 5.41) is 0. The second-order valence-corrected chi connectivity index (χ2v) is 9.48. The van der Waals surface area contributed by atoms with Gasteiger partial charge in [0, 0.05) is 12.8 Å². The zero-order chi connectivity index (χ0) is 18.7.